The van der Waals surface area contributed by atoms with E-state index in [9.17, 15) is 18.4 Å². The van der Waals surface area contributed by atoms with E-state index in [4.69, 9.17) is 0 Å². The fourth-order valence-corrected chi connectivity index (χ4v) is 3.01. The average molecular weight is 362 g/mol. The lowest BCUT2D eigenvalue weighted by Gasteiger charge is -2.36. The van der Waals surface area contributed by atoms with Gasteiger partial charge in [0, 0.05) is 64.0 Å². The monoisotopic (exact) mass is 362 g/mol. The number of amides is 1. The molecule has 1 aliphatic heterocycles. The molecule has 26 heavy (non-hydrogen) atoms. The summed E-state index contributed by atoms with van der Waals surface area (Å²) in [5.74, 6) is -1.50. The molecule has 0 radical (unpaired) electrons. The Labute approximate surface area is 150 Å². The van der Waals surface area contributed by atoms with Gasteiger partial charge in [-0.05, 0) is 18.2 Å². The molecular weight excluding hydrogens is 342 g/mol. The molecule has 1 saturated heterocycles. The Balaban J connectivity index is 1.49. The van der Waals surface area contributed by atoms with E-state index < -0.39 is 11.6 Å². The highest BCUT2D eigenvalue weighted by Crippen LogP contribution is 2.20. The Hall–Kier alpha value is -2.77. The Morgan fingerprint density at radius 3 is 2.27 bits per heavy atom. The van der Waals surface area contributed by atoms with E-state index in [0.717, 1.165) is 6.07 Å². The minimum Gasteiger partial charge on any atom is -0.368 e. The summed E-state index contributed by atoms with van der Waals surface area (Å²) in [4.78, 5) is 27.8. The number of rotatable bonds is 5. The van der Waals surface area contributed by atoms with Gasteiger partial charge in [-0.2, -0.15) is 5.10 Å². The first kappa shape index (κ1) is 18.0. The third-order valence-corrected chi connectivity index (χ3v) is 4.41. The van der Waals surface area contributed by atoms with E-state index >= 15 is 0 Å². The largest absolute Gasteiger partial charge is 0.368 e. The summed E-state index contributed by atoms with van der Waals surface area (Å²) in [6.45, 7) is 1.88. The van der Waals surface area contributed by atoms with Crippen LogP contribution in [0.1, 0.15) is 23.3 Å². The summed E-state index contributed by atoms with van der Waals surface area (Å²) in [6.07, 6.45) is 1.93. The Morgan fingerprint density at radius 1 is 1.04 bits per heavy atom. The van der Waals surface area contributed by atoms with Crippen LogP contribution in [0, 0.1) is 11.6 Å². The molecule has 2 heterocycles. The van der Waals surface area contributed by atoms with Crippen molar-refractivity contribution in [1.82, 2.24) is 14.7 Å². The van der Waals surface area contributed by atoms with Gasteiger partial charge in [0.25, 0.3) is 0 Å². The zero-order valence-corrected chi connectivity index (χ0v) is 14.5. The van der Waals surface area contributed by atoms with Crippen LogP contribution in [0.15, 0.2) is 30.5 Å². The molecule has 3 rings (SSSR count). The molecule has 6 nitrogen and oxygen atoms in total. The molecule has 1 aromatic carbocycles. The van der Waals surface area contributed by atoms with Crippen molar-refractivity contribution in [3.8, 4) is 0 Å². The molecule has 0 N–H and O–H groups in total. The van der Waals surface area contributed by atoms with Gasteiger partial charge in [-0.1, -0.05) is 0 Å². The van der Waals surface area contributed by atoms with Gasteiger partial charge in [-0.25, -0.2) is 8.78 Å². The van der Waals surface area contributed by atoms with Crippen molar-refractivity contribution in [2.45, 2.75) is 12.8 Å². The predicted molar refractivity (Wildman–Crippen MR) is 91.9 cm³/mol. The van der Waals surface area contributed by atoms with Crippen LogP contribution in [0.5, 0.6) is 0 Å². The van der Waals surface area contributed by atoms with Crippen molar-refractivity contribution in [2.24, 2.45) is 7.05 Å². The van der Waals surface area contributed by atoms with Crippen LogP contribution in [-0.2, 0) is 11.8 Å². The lowest BCUT2D eigenvalue weighted by atomic mass is 10.1. The number of carbonyl (C=O) groups is 2. The SMILES string of the molecule is Cn1ccc(C(=O)CCC(=O)N2CCN(c3cc(F)cc(F)c3)CC2)n1. The summed E-state index contributed by atoms with van der Waals surface area (Å²) >= 11 is 0. The van der Waals surface area contributed by atoms with Crippen LogP contribution >= 0.6 is 0 Å². The quantitative estimate of drug-likeness (QED) is 0.764. The number of aryl methyl sites for hydroxylation is 1. The highest BCUT2D eigenvalue weighted by molar-refractivity contribution is 5.96. The van der Waals surface area contributed by atoms with E-state index in [2.05, 4.69) is 5.10 Å². The van der Waals surface area contributed by atoms with Gasteiger partial charge in [0.15, 0.2) is 5.78 Å². The van der Waals surface area contributed by atoms with Gasteiger partial charge in [0.1, 0.15) is 17.3 Å². The first-order valence-electron chi connectivity index (χ1n) is 8.44. The summed E-state index contributed by atoms with van der Waals surface area (Å²) in [5.41, 5.74) is 0.832. The molecule has 1 aliphatic rings. The number of halogens is 2. The Morgan fingerprint density at radius 2 is 1.69 bits per heavy atom. The predicted octanol–water partition coefficient (Wildman–Crippen LogP) is 2.01. The van der Waals surface area contributed by atoms with Gasteiger partial charge in [-0.3, -0.25) is 14.3 Å². The fraction of sp³-hybridized carbons (Fsp3) is 0.389. The van der Waals surface area contributed by atoms with Crippen molar-refractivity contribution in [1.29, 1.82) is 0 Å². The molecule has 0 atom stereocenters. The van der Waals surface area contributed by atoms with Gasteiger partial charge < -0.3 is 9.80 Å². The molecule has 138 valence electrons. The zero-order valence-electron chi connectivity index (χ0n) is 14.5. The molecule has 0 aliphatic carbocycles. The van der Waals surface area contributed by atoms with Crippen molar-refractivity contribution < 1.29 is 18.4 Å². The first-order valence-corrected chi connectivity index (χ1v) is 8.44. The summed E-state index contributed by atoms with van der Waals surface area (Å²) < 4.78 is 28.2. The molecule has 2 aromatic rings. The number of aromatic nitrogens is 2. The van der Waals surface area contributed by atoms with Gasteiger partial charge in [0.2, 0.25) is 5.91 Å². The molecule has 1 amide bonds. The smallest absolute Gasteiger partial charge is 0.223 e. The number of hydrogen-bond acceptors (Lipinski definition) is 4. The first-order chi connectivity index (χ1) is 12.4. The zero-order chi connectivity index (χ0) is 18.7. The van der Waals surface area contributed by atoms with Crippen molar-refractivity contribution >= 4 is 17.4 Å². The standard InChI is InChI=1S/C18H20F2N4O2/c1-22-5-4-16(21-22)17(25)2-3-18(26)24-8-6-23(7-9-24)15-11-13(19)10-14(20)12-15/h4-5,10-12H,2-3,6-9H2,1H3. The van der Waals surface area contributed by atoms with Crippen molar-refractivity contribution in [3.63, 3.8) is 0 Å². The van der Waals surface area contributed by atoms with E-state index in [1.807, 2.05) is 4.90 Å². The van der Waals surface area contributed by atoms with E-state index in [0.29, 0.717) is 37.6 Å². The number of carbonyl (C=O) groups excluding carboxylic acids is 2. The number of benzene rings is 1. The highest BCUT2D eigenvalue weighted by atomic mass is 19.1. The lowest BCUT2D eigenvalue weighted by molar-refractivity contribution is -0.131. The summed E-state index contributed by atoms with van der Waals surface area (Å²) in [5, 5.41) is 4.03. The summed E-state index contributed by atoms with van der Waals surface area (Å²) in [7, 11) is 1.73. The van der Waals surface area contributed by atoms with Crippen LogP contribution in [0.2, 0.25) is 0 Å². The maximum Gasteiger partial charge on any atom is 0.223 e. The molecule has 8 heteroatoms. The maximum absolute atomic E-state index is 13.3. The van der Waals surface area contributed by atoms with Gasteiger partial charge in [0.05, 0.1) is 0 Å². The minimum absolute atomic E-state index is 0.0978. The Bertz CT molecular complexity index is 793. The second-order valence-electron chi connectivity index (χ2n) is 6.29. The van der Waals surface area contributed by atoms with E-state index in [1.54, 1.807) is 28.9 Å². The molecule has 1 aromatic heterocycles. The number of nitrogens with zero attached hydrogens (tertiary/aromatic N) is 4. The van der Waals surface area contributed by atoms with Gasteiger partial charge in [-0.15, -0.1) is 0 Å². The fourth-order valence-electron chi connectivity index (χ4n) is 3.01. The van der Waals surface area contributed by atoms with E-state index in [1.165, 1.54) is 12.1 Å². The molecule has 0 saturated carbocycles. The number of hydrogen-bond donors (Lipinski definition) is 0. The number of anilines is 1. The van der Waals surface area contributed by atoms with E-state index in [-0.39, 0.29) is 24.5 Å². The van der Waals surface area contributed by atoms with Crippen LogP contribution in [0.3, 0.4) is 0 Å². The third kappa shape index (κ3) is 4.25. The van der Waals surface area contributed by atoms with Crippen molar-refractivity contribution in [2.75, 3.05) is 31.1 Å². The normalized spacial score (nSPS) is 14.6. The number of Topliss-reactive ketones (excluding diaryl/α,β-unsaturated/α-hetero) is 1. The van der Waals surface area contributed by atoms with Crippen LogP contribution < -0.4 is 4.90 Å². The molecule has 0 unspecified atom stereocenters. The van der Waals surface area contributed by atoms with Crippen molar-refractivity contribution in [3.05, 3.63) is 47.8 Å². The third-order valence-electron chi connectivity index (χ3n) is 4.41. The second kappa shape index (κ2) is 7.63. The maximum atomic E-state index is 13.3. The summed E-state index contributed by atoms with van der Waals surface area (Å²) in [6, 6.07) is 5.03. The second-order valence-corrected chi connectivity index (χ2v) is 6.29. The van der Waals surface area contributed by atoms with Crippen LogP contribution in [-0.4, -0.2) is 52.5 Å². The van der Waals surface area contributed by atoms with Crippen LogP contribution in [0.25, 0.3) is 0 Å². The topological polar surface area (TPSA) is 58.4 Å². The van der Waals surface area contributed by atoms with Gasteiger partial charge >= 0.3 is 0 Å². The number of ketones is 1. The highest BCUT2D eigenvalue weighted by Gasteiger charge is 2.22. The molecule has 0 bridgehead atoms. The van der Waals surface area contributed by atoms with Crippen LogP contribution in [0.4, 0.5) is 14.5 Å². The average Bonchev–Trinajstić information content (AvgIpc) is 3.05. The minimum atomic E-state index is -0.619. The molecule has 1 fully saturated rings. The molecule has 0 spiro atoms. The Kier molecular flexibility index (Phi) is 5.29. The lowest BCUT2D eigenvalue weighted by Crippen LogP contribution is -2.48. The number of piperazine rings is 1. The molecular formula is C18H20F2N4O2.